The molecule has 4 heteroatoms. The van der Waals surface area contributed by atoms with E-state index < -0.39 is 17.3 Å². The summed E-state index contributed by atoms with van der Waals surface area (Å²) in [6.07, 6.45) is 7.17. The maximum atomic E-state index is 13.4. The van der Waals surface area contributed by atoms with Crippen molar-refractivity contribution in [2.75, 3.05) is 6.61 Å². The van der Waals surface area contributed by atoms with Crippen LogP contribution in [0.25, 0.3) is 0 Å². The van der Waals surface area contributed by atoms with Gasteiger partial charge in [-0.25, -0.2) is 0 Å². The maximum Gasteiger partial charge on any atom is 0.312 e. The fourth-order valence-corrected chi connectivity index (χ4v) is 4.71. The molecule has 1 aliphatic rings. The van der Waals surface area contributed by atoms with Gasteiger partial charge in [0.05, 0.1) is 17.9 Å². The third kappa shape index (κ3) is 7.12. The minimum atomic E-state index is -0.916. The van der Waals surface area contributed by atoms with E-state index in [1.165, 1.54) is 6.42 Å². The molecule has 2 atom stereocenters. The van der Waals surface area contributed by atoms with E-state index >= 15 is 0 Å². The molecule has 1 rings (SSSR count). The van der Waals surface area contributed by atoms with E-state index in [1.807, 2.05) is 13.8 Å². The summed E-state index contributed by atoms with van der Waals surface area (Å²) in [5, 5.41) is 10.3. The largest absolute Gasteiger partial charge is 0.481 e. The summed E-state index contributed by atoms with van der Waals surface area (Å²) in [5.74, 6) is -0.734. The first-order chi connectivity index (χ1) is 12.6. The summed E-state index contributed by atoms with van der Waals surface area (Å²) in [6, 6.07) is 0. The van der Waals surface area contributed by atoms with Gasteiger partial charge in [0.1, 0.15) is 0 Å². The number of ether oxygens (including phenoxy) is 1. The summed E-state index contributed by atoms with van der Waals surface area (Å²) in [5.41, 5.74) is -0.916. The Kier molecular flexibility index (Phi) is 9.83. The predicted molar refractivity (Wildman–Crippen MR) is 109 cm³/mol. The topological polar surface area (TPSA) is 63.6 Å². The Labute approximate surface area is 166 Å². The van der Waals surface area contributed by atoms with Crippen molar-refractivity contribution >= 4 is 11.9 Å². The number of hydrogen-bond donors (Lipinski definition) is 1. The van der Waals surface area contributed by atoms with E-state index in [-0.39, 0.29) is 23.7 Å². The van der Waals surface area contributed by atoms with Gasteiger partial charge in [-0.3, -0.25) is 9.59 Å². The molecule has 27 heavy (non-hydrogen) atoms. The average Bonchev–Trinajstić information content (AvgIpc) is 2.57. The van der Waals surface area contributed by atoms with Crippen LogP contribution in [-0.4, -0.2) is 23.7 Å². The van der Waals surface area contributed by atoms with Gasteiger partial charge in [0.2, 0.25) is 0 Å². The van der Waals surface area contributed by atoms with Crippen LogP contribution in [0.3, 0.4) is 0 Å². The van der Waals surface area contributed by atoms with Gasteiger partial charge in [-0.1, -0.05) is 60.8 Å². The highest BCUT2D eigenvalue weighted by Crippen LogP contribution is 2.48. The van der Waals surface area contributed by atoms with Crippen LogP contribution in [0, 0.1) is 35.0 Å². The van der Waals surface area contributed by atoms with E-state index in [0.29, 0.717) is 25.4 Å². The molecule has 1 fully saturated rings. The summed E-state index contributed by atoms with van der Waals surface area (Å²) in [4.78, 5) is 25.9. The average molecular weight is 383 g/mol. The van der Waals surface area contributed by atoms with Gasteiger partial charge in [0.25, 0.3) is 0 Å². The van der Waals surface area contributed by atoms with Crippen LogP contribution in [0.4, 0.5) is 0 Å². The number of carboxylic acids is 1. The monoisotopic (exact) mass is 382 g/mol. The number of hydrogen-bond acceptors (Lipinski definition) is 3. The molecule has 0 aliphatic heterocycles. The van der Waals surface area contributed by atoms with Gasteiger partial charge < -0.3 is 9.84 Å². The zero-order chi connectivity index (χ0) is 20.6. The van der Waals surface area contributed by atoms with Crippen molar-refractivity contribution in [3.8, 4) is 0 Å². The van der Waals surface area contributed by atoms with Crippen molar-refractivity contribution in [2.45, 2.75) is 92.9 Å². The van der Waals surface area contributed by atoms with Crippen molar-refractivity contribution in [3.05, 3.63) is 0 Å². The van der Waals surface area contributed by atoms with Crippen LogP contribution in [0.15, 0.2) is 0 Å². The van der Waals surface area contributed by atoms with Crippen molar-refractivity contribution in [2.24, 2.45) is 35.0 Å². The lowest BCUT2D eigenvalue weighted by Crippen LogP contribution is -2.49. The molecule has 0 aromatic heterocycles. The van der Waals surface area contributed by atoms with Crippen LogP contribution in [0.5, 0.6) is 0 Å². The number of aliphatic carboxylic acids is 1. The molecule has 4 nitrogen and oxygen atoms in total. The first kappa shape index (κ1) is 24.0. The zero-order valence-electron chi connectivity index (χ0n) is 18.4. The SMILES string of the molecule is CC(C)CCC(CC(C)C)(C(=O)OCC(C)C)C(C(=O)O)C1CCCCC1. The Morgan fingerprint density at radius 3 is 2.00 bits per heavy atom. The molecule has 1 N–H and O–H groups in total. The van der Waals surface area contributed by atoms with Crippen molar-refractivity contribution < 1.29 is 19.4 Å². The summed E-state index contributed by atoms with van der Waals surface area (Å²) in [6.45, 7) is 12.8. The standard InChI is InChI=1S/C23H42O4/c1-16(2)12-13-23(14-17(3)4,22(26)27-15-18(5)6)20(21(24)25)19-10-8-7-9-11-19/h16-20H,7-15H2,1-6H3,(H,24,25). The fraction of sp³-hybridized carbons (Fsp3) is 0.913. The molecular weight excluding hydrogens is 340 g/mol. The Hall–Kier alpha value is -1.06. The van der Waals surface area contributed by atoms with E-state index in [2.05, 4.69) is 27.7 Å². The molecule has 0 aromatic carbocycles. The van der Waals surface area contributed by atoms with Gasteiger partial charge in [0.15, 0.2) is 0 Å². The first-order valence-corrected chi connectivity index (χ1v) is 11.0. The van der Waals surface area contributed by atoms with Gasteiger partial charge >= 0.3 is 11.9 Å². The zero-order valence-corrected chi connectivity index (χ0v) is 18.4. The Morgan fingerprint density at radius 2 is 1.56 bits per heavy atom. The number of carbonyl (C=O) groups is 2. The lowest BCUT2D eigenvalue weighted by molar-refractivity contribution is -0.175. The molecular formula is C23H42O4. The van der Waals surface area contributed by atoms with Crippen molar-refractivity contribution in [1.82, 2.24) is 0 Å². The Morgan fingerprint density at radius 1 is 0.963 bits per heavy atom. The smallest absolute Gasteiger partial charge is 0.312 e. The van der Waals surface area contributed by atoms with E-state index in [0.717, 1.165) is 32.1 Å². The highest BCUT2D eigenvalue weighted by Gasteiger charge is 2.53. The third-order valence-corrected chi connectivity index (χ3v) is 5.88. The molecule has 0 amide bonds. The second kappa shape index (κ2) is 11.1. The van der Waals surface area contributed by atoms with E-state index in [1.54, 1.807) is 0 Å². The number of carboxylic acid groups (broad SMARTS) is 1. The quantitative estimate of drug-likeness (QED) is 0.449. The lowest BCUT2D eigenvalue weighted by Gasteiger charge is -2.43. The Bertz CT molecular complexity index is 463. The van der Waals surface area contributed by atoms with Gasteiger partial charge in [0, 0.05) is 0 Å². The van der Waals surface area contributed by atoms with Crippen molar-refractivity contribution in [3.63, 3.8) is 0 Å². The predicted octanol–water partition coefficient (Wildman–Crippen LogP) is 5.94. The molecule has 1 saturated carbocycles. The van der Waals surface area contributed by atoms with Crippen LogP contribution in [-0.2, 0) is 14.3 Å². The number of esters is 1. The van der Waals surface area contributed by atoms with E-state index in [9.17, 15) is 14.7 Å². The van der Waals surface area contributed by atoms with Crippen LogP contribution in [0.1, 0.15) is 92.9 Å². The molecule has 0 radical (unpaired) electrons. The molecule has 0 spiro atoms. The minimum Gasteiger partial charge on any atom is -0.481 e. The molecule has 0 heterocycles. The van der Waals surface area contributed by atoms with Crippen molar-refractivity contribution in [1.29, 1.82) is 0 Å². The number of rotatable bonds is 11. The van der Waals surface area contributed by atoms with Crippen LogP contribution < -0.4 is 0 Å². The van der Waals surface area contributed by atoms with Gasteiger partial charge in [-0.05, 0) is 55.8 Å². The highest BCUT2D eigenvalue weighted by molar-refractivity contribution is 5.85. The fourth-order valence-electron chi connectivity index (χ4n) is 4.71. The lowest BCUT2D eigenvalue weighted by atomic mass is 9.60. The third-order valence-electron chi connectivity index (χ3n) is 5.88. The molecule has 2 unspecified atom stereocenters. The van der Waals surface area contributed by atoms with Gasteiger partial charge in [-0.2, -0.15) is 0 Å². The minimum absolute atomic E-state index is 0.0776. The highest BCUT2D eigenvalue weighted by atomic mass is 16.5. The maximum absolute atomic E-state index is 13.4. The summed E-state index contributed by atoms with van der Waals surface area (Å²) >= 11 is 0. The molecule has 0 bridgehead atoms. The van der Waals surface area contributed by atoms with Gasteiger partial charge in [-0.15, -0.1) is 0 Å². The normalized spacial score (nSPS) is 19.3. The summed E-state index contributed by atoms with van der Waals surface area (Å²) < 4.78 is 5.72. The molecule has 0 saturated heterocycles. The summed E-state index contributed by atoms with van der Waals surface area (Å²) in [7, 11) is 0. The van der Waals surface area contributed by atoms with Crippen LogP contribution in [0.2, 0.25) is 0 Å². The molecule has 1 aliphatic carbocycles. The second-order valence-electron chi connectivity index (χ2n) is 9.89. The first-order valence-electron chi connectivity index (χ1n) is 11.0. The van der Waals surface area contributed by atoms with E-state index in [4.69, 9.17) is 4.74 Å². The molecule has 0 aromatic rings. The molecule has 158 valence electrons. The Balaban J connectivity index is 3.33. The second-order valence-corrected chi connectivity index (χ2v) is 9.89. The number of carbonyl (C=O) groups excluding carboxylic acids is 1. The van der Waals surface area contributed by atoms with Crippen LogP contribution >= 0.6 is 0 Å².